The van der Waals surface area contributed by atoms with E-state index in [9.17, 15) is 17.6 Å². The van der Waals surface area contributed by atoms with Crippen molar-refractivity contribution in [2.45, 2.75) is 38.4 Å². The molecule has 1 rings (SSSR count). The standard InChI is InChI=1S/C13H16ClF4N/c1-2-19-12(4-3-7-13(16,17)18)9-5-6-11(15)10(14)8-9/h5-6,8,12,19H,2-4,7H2,1H3. The van der Waals surface area contributed by atoms with E-state index in [1.807, 2.05) is 6.92 Å². The van der Waals surface area contributed by atoms with Gasteiger partial charge < -0.3 is 5.32 Å². The number of hydrogen-bond donors (Lipinski definition) is 1. The first kappa shape index (κ1) is 16.2. The molecular weight excluding hydrogens is 282 g/mol. The molecule has 0 aliphatic heterocycles. The van der Waals surface area contributed by atoms with Gasteiger partial charge in [0.15, 0.2) is 0 Å². The van der Waals surface area contributed by atoms with Crippen molar-refractivity contribution in [2.24, 2.45) is 0 Å². The van der Waals surface area contributed by atoms with Crippen LogP contribution in [-0.2, 0) is 0 Å². The Hall–Kier alpha value is -0.810. The molecule has 6 heteroatoms. The molecule has 0 aliphatic rings. The van der Waals surface area contributed by atoms with Gasteiger partial charge in [0.25, 0.3) is 0 Å². The average Bonchev–Trinajstić information content (AvgIpc) is 2.30. The third-order valence-corrected chi connectivity index (χ3v) is 3.04. The Morgan fingerprint density at radius 2 is 2.00 bits per heavy atom. The van der Waals surface area contributed by atoms with Crippen LogP contribution in [-0.4, -0.2) is 12.7 Å². The molecule has 1 nitrogen and oxygen atoms in total. The minimum Gasteiger partial charge on any atom is -0.310 e. The van der Waals surface area contributed by atoms with Gasteiger partial charge in [0.2, 0.25) is 0 Å². The van der Waals surface area contributed by atoms with E-state index >= 15 is 0 Å². The zero-order valence-electron chi connectivity index (χ0n) is 10.5. The van der Waals surface area contributed by atoms with Gasteiger partial charge in [-0.1, -0.05) is 24.6 Å². The predicted molar refractivity (Wildman–Crippen MR) is 67.7 cm³/mol. The molecule has 0 bridgehead atoms. The lowest BCUT2D eigenvalue weighted by Crippen LogP contribution is -2.21. The lowest BCUT2D eigenvalue weighted by atomic mass is 10.0. The van der Waals surface area contributed by atoms with Gasteiger partial charge >= 0.3 is 6.18 Å². The van der Waals surface area contributed by atoms with Gasteiger partial charge in [-0.25, -0.2) is 4.39 Å². The lowest BCUT2D eigenvalue weighted by Gasteiger charge is -2.19. The second kappa shape index (κ2) is 7.10. The van der Waals surface area contributed by atoms with Crippen LogP contribution in [0.3, 0.4) is 0 Å². The smallest absolute Gasteiger partial charge is 0.310 e. The molecule has 0 heterocycles. The van der Waals surface area contributed by atoms with Crippen LogP contribution in [0.5, 0.6) is 0 Å². The monoisotopic (exact) mass is 297 g/mol. The summed E-state index contributed by atoms with van der Waals surface area (Å²) in [5.41, 5.74) is 0.704. The normalized spacial score (nSPS) is 13.6. The quantitative estimate of drug-likeness (QED) is 0.739. The van der Waals surface area contributed by atoms with Crippen molar-refractivity contribution in [3.8, 4) is 0 Å². The molecule has 0 spiro atoms. The number of nitrogens with one attached hydrogen (secondary N) is 1. The van der Waals surface area contributed by atoms with Gasteiger partial charge in [-0.3, -0.25) is 0 Å². The number of rotatable bonds is 6. The maximum Gasteiger partial charge on any atom is 0.389 e. The highest BCUT2D eigenvalue weighted by molar-refractivity contribution is 6.30. The van der Waals surface area contributed by atoms with Crippen molar-refractivity contribution in [1.29, 1.82) is 0 Å². The maximum absolute atomic E-state index is 13.1. The fourth-order valence-electron chi connectivity index (χ4n) is 1.87. The maximum atomic E-state index is 13.1. The fraction of sp³-hybridized carbons (Fsp3) is 0.538. The van der Waals surface area contributed by atoms with Crippen molar-refractivity contribution in [3.63, 3.8) is 0 Å². The number of halogens is 5. The van der Waals surface area contributed by atoms with Gasteiger partial charge in [0, 0.05) is 12.5 Å². The summed E-state index contributed by atoms with van der Waals surface area (Å²) in [6.07, 6.45) is -4.60. The minimum absolute atomic E-state index is 0.0174. The van der Waals surface area contributed by atoms with Gasteiger partial charge in [-0.15, -0.1) is 0 Å². The highest BCUT2D eigenvalue weighted by atomic mass is 35.5. The van der Waals surface area contributed by atoms with Crippen LogP contribution >= 0.6 is 11.6 Å². The van der Waals surface area contributed by atoms with Crippen LogP contribution in [0.15, 0.2) is 18.2 Å². The van der Waals surface area contributed by atoms with E-state index in [0.717, 1.165) is 0 Å². The molecule has 0 radical (unpaired) electrons. The van der Waals surface area contributed by atoms with Gasteiger partial charge in [0.05, 0.1) is 5.02 Å². The van der Waals surface area contributed by atoms with Crippen LogP contribution in [0.2, 0.25) is 5.02 Å². The third kappa shape index (κ3) is 5.78. The first-order chi connectivity index (χ1) is 8.83. The van der Waals surface area contributed by atoms with Gasteiger partial charge in [-0.2, -0.15) is 13.2 Å². The van der Waals surface area contributed by atoms with Crippen molar-refractivity contribution in [1.82, 2.24) is 5.32 Å². The van der Waals surface area contributed by atoms with E-state index in [-0.39, 0.29) is 17.5 Å². The second-order valence-electron chi connectivity index (χ2n) is 4.29. The summed E-state index contributed by atoms with van der Waals surface area (Å²) in [6.45, 7) is 2.48. The zero-order chi connectivity index (χ0) is 14.5. The molecule has 0 fully saturated rings. The largest absolute Gasteiger partial charge is 0.389 e. The molecule has 0 aromatic heterocycles. The molecule has 0 aliphatic carbocycles. The van der Waals surface area contributed by atoms with Crippen molar-refractivity contribution >= 4 is 11.6 Å². The van der Waals surface area contributed by atoms with Crippen molar-refractivity contribution in [2.75, 3.05) is 6.54 Å². The predicted octanol–water partition coefficient (Wildman–Crippen LogP) is 4.86. The minimum atomic E-state index is -4.14. The summed E-state index contributed by atoms with van der Waals surface area (Å²) in [4.78, 5) is 0. The summed E-state index contributed by atoms with van der Waals surface area (Å²) < 4.78 is 49.4. The highest BCUT2D eigenvalue weighted by Crippen LogP contribution is 2.28. The van der Waals surface area contributed by atoms with Crippen molar-refractivity contribution < 1.29 is 17.6 Å². The summed E-state index contributed by atoms with van der Waals surface area (Å²) in [5, 5.41) is 3.07. The Balaban J connectivity index is 2.68. The van der Waals surface area contributed by atoms with Crippen LogP contribution in [0.1, 0.15) is 37.8 Å². The molecule has 0 saturated heterocycles. The average molecular weight is 298 g/mol. The third-order valence-electron chi connectivity index (χ3n) is 2.75. The molecule has 1 aromatic rings. The molecular formula is C13H16ClF4N. The van der Waals surface area contributed by atoms with Crippen LogP contribution in [0, 0.1) is 5.82 Å². The van der Waals surface area contributed by atoms with E-state index in [2.05, 4.69) is 5.32 Å². The summed E-state index contributed by atoms with van der Waals surface area (Å²) in [6, 6.07) is 3.98. The summed E-state index contributed by atoms with van der Waals surface area (Å²) in [5.74, 6) is -0.532. The Kier molecular flexibility index (Phi) is 6.07. The van der Waals surface area contributed by atoms with Crippen molar-refractivity contribution in [3.05, 3.63) is 34.6 Å². The number of benzene rings is 1. The van der Waals surface area contributed by atoms with E-state index in [4.69, 9.17) is 11.6 Å². The zero-order valence-corrected chi connectivity index (χ0v) is 11.3. The number of alkyl halides is 3. The highest BCUT2D eigenvalue weighted by Gasteiger charge is 2.26. The molecule has 0 amide bonds. The summed E-state index contributed by atoms with van der Waals surface area (Å²) >= 11 is 5.68. The molecule has 1 atom stereocenters. The molecule has 108 valence electrons. The topological polar surface area (TPSA) is 12.0 Å². The first-order valence-corrected chi connectivity index (χ1v) is 6.46. The second-order valence-corrected chi connectivity index (χ2v) is 4.70. The summed E-state index contributed by atoms with van der Waals surface area (Å²) in [7, 11) is 0. The van der Waals surface area contributed by atoms with E-state index < -0.39 is 18.4 Å². The van der Waals surface area contributed by atoms with Crippen LogP contribution in [0.4, 0.5) is 17.6 Å². The fourth-order valence-corrected chi connectivity index (χ4v) is 2.06. The molecule has 19 heavy (non-hydrogen) atoms. The van der Waals surface area contributed by atoms with Crippen LogP contribution in [0.25, 0.3) is 0 Å². The molecule has 1 unspecified atom stereocenters. The Bertz CT molecular complexity index is 406. The Labute approximate surface area is 115 Å². The van der Waals surface area contributed by atoms with Gasteiger partial charge in [0.1, 0.15) is 5.82 Å². The van der Waals surface area contributed by atoms with E-state index in [1.165, 1.54) is 12.1 Å². The SMILES string of the molecule is CCNC(CCCC(F)(F)F)c1ccc(F)c(Cl)c1. The first-order valence-electron chi connectivity index (χ1n) is 6.08. The van der Waals surface area contributed by atoms with Crippen LogP contribution < -0.4 is 5.32 Å². The molecule has 0 saturated carbocycles. The Morgan fingerprint density at radius 1 is 1.32 bits per heavy atom. The number of hydrogen-bond acceptors (Lipinski definition) is 1. The van der Waals surface area contributed by atoms with E-state index in [1.54, 1.807) is 6.07 Å². The van der Waals surface area contributed by atoms with Gasteiger partial charge in [-0.05, 0) is 37.1 Å². The van der Waals surface area contributed by atoms with E-state index in [0.29, 0.717) is 18.5 Å². The lowest BCUT2D eigenvalue weighted by molar-refractivity contribution is -0.135. The molecule has 1 aromatic carbocycles. The Morgan fingerprint density at radius 3 is 2.53 bits per heavy atom. The molecule has 1 N–H and O–H groups in total.